The van der Waals surface area contributed by atoms with E-state index in [2.05, 4.69) is 52.5 Å². The summed E-state index contributed by atoms with van der Waals surface area (Å²) in [5, 5.41) is 6.06. The van der Waals surface area contributed by atoms with Crippen molar-refractivity contribution in [2.24, 2.45) is 5.92 Å². The lowest BCUT2D eigenvalue weighted by Gasteiger charge is -2.37. The number of rotatable bonds is 7. The number of carbonyl (C=O) groups is 2. The highest BCUT2D eigenvalue weighted by Crippen LogP contribution is 2.24. The number of hydrogen-bond acceptors (Lipinski definition) is 4. The molecule has 2 N–H and O–H groups in total. The molecule has 4 rings (SSSR count). The van der Waals surface area contributed by atoms with E-state index in [4.69, 9.17) is 0 Å². The fraction of sp³-hybridized carbons (Fsp3) is 0.500. The molecule has 7 heteroatoms. The van der Waals surface area contributed by atoms with Crippen molar-refractivity contribution in [3.8, 4) is 0 Å². The molecule has 2 aromatic rings. The SMILES string of the molecule is Cc1cccc(N2CCN(CCNC(=O)CC3CCN(C(=O)Nc4ccccc4)CC3)CC2)c1C. The maximum atomic E-state index is 12.5. The lowest BCUT2D eigenvalue weighted by atomic mass is 9.93. The van der Waals surface area contributed by atoms with Crippen LogP contribution in [0.3, 0.4) is 0 Å². The van der Waals surface area contributed by atoms with Crippen LogP contribution in [-0.4, -0.2) is 74.1 Å². The van der Waals surface area contributed by atoms with Gasteiger partial charge in [0, 0.05) is 70.2 Å². The predicted molar refractivity (Wildman–Crippen MR) is 142 cm³/mol. The Bertz CT molecular complexity index is 980. The Morgan fingerprint density at radius 3 is 2.31 bits per heavy atom. The lowest BCUT2D eigenvalue weighted by molar-refractivity contribution is -0.122. The first-order valence-electron chi connectivity index (χ1n) is 12.9. The van der Waals surface area contributed by atoms with E-state index in [1.807, 2.05) is 35.2 Å². The van der Waals surface area contributed by atoms with E-state index in [9.17, 15) is 9.59 Å². The monoisotopic (exact) mass is 477 g/mol. The molecule has 0 aromatic heterocycles. The predicted octanol–water partition coefficient (Wildman–Crippen LogP) is 3.88. The zero-order valence-corrected chi connectivity index (χ0v) is 21.1. The summed E-state index contributed by atoms with van der Waals surface area (Å²) in [7, 11) is 0. The molecule has 35 heavy (non-hydrogen) atoms. The topological polar surface area (TPSA) is 67.9 Å². The van der Waals surface area contributed by atoms with Crippen molar-refractivity contribution < 1.29 is 9.59 Å². The van der Waals surface area contributed by atoms with Crippen LogP contribution in [0, 0.1) is 19.8 Å². The highest BCUT2D eigenvalue weighted by Gasteiger charge is 2.25. The van der Waals surface area contributed by atoms with Crippen molar-refractivity contribution in [2.75, 3.05) is 62.6 Å². The van der Waals surface area contributed by atoms with Gasteiger partial charge in [0.05, 0.1) is 0 Å². The second-order valence-corrected chi connectivity index (χ2v) is 9.83. The number of benzene rings is 2. The number of piperazine rings is 1. The maximum Gasteiger partial charge on any atom is 0.321 e. The van der Waals surface area contributed by atoms with Crippen LogP contribution >= 0.6 is 0 Å². The number of likely N-dealkylation sites (tertiary alicyclic amines) is 1. The first-order chi connectivity index (χ1) is 17.0. The molecule has 2 aliphatic heterocycles. The third kappa shape index (κ3) is 6.98. The minimum atomic E-state index is -0.0586. The van der Waals surface area contributed by atoms with Gasteiger partial charge in [-0.1, -0.05) is 30.3 Å². The highest BCUT2D eigenvalue weighted by atomic mass is 16.2. The summed E-state index contributed by atoms with van der Waals surface area (Å²) >= 11 is 0. The zero-order valence-electron chi connectivity index (χ0n) is 21.1. The van der Waals surface area contributed by atoms with E-state index in [1.54, 1.807) is 0 Å². The number of nitrogens with zero attached hydrogens (tertiary/aromatic N) is 3. The van der Waals surface area contributed by atoms with E-state index in [0.717, 1.165) is 51.3 Å². The van der Waals surface area contributed by atoms with Crippen molar-refractivity contribution >= 4 is 23.3 Å². The first-order valence-corrected chi connectivity index (χ1v) is 12.9. The summed E-state index contributed by atoms with van der Waals surface area (Å²) in [6, 6.07) is 16.0. The lowest BCUT2D eigenvalue weighted by Crippen LogP contribution is -2.48. The largest absolute Gasteiger partial charge is 0.369 e. The van der Waals surface area contributed by atoms with E-state index < -0.39 is 0 Å². The Balaban J connectivity index is 1.10. The zero-order chi connectivity index (χ0) is 24.6. The Labute approximate surface area is 209 Å². The Kier molecular flexibility index (Phi) is 8.64. The van der Waals surface area contributed by atoms with E-state index in [0.29, 0.717) is 32.0 Å². The molecule has 2 fully saturated rings. The molecule has 7 nitrogen and oxygen atoms in total. The number of para-hydroxylation sites is 1. The molecule has 0 atom stereocenters. The molecule has 0 saturated carbocycles. The highest BCUT2D eigenvalue weighted by molar-refractivity contribution is 5.89. The maximum absolute atomic E-state index is 12.5. The molecule has 2 aliphatic rings. The molecule has 2 saturated heterocycles. The van der Waals surface area contributed by atoms with Crippen LogP contribution < -0.4 is 15.5 Å². The molecular weight excluding hydrogens is 438 g/mol. The second kappa shape index (κ2) is 12.1. The van der Waals surface area contributed by atoms with Gasteiger partial charge in [-0.15, -0.1) is 0 Å². The Morgan fingerprint density at radius 1 is 0.886 bits per heavy atom. The summed E-state index contributed by atoms with van der Waals surface area (Å²) in [6.07, 6.45) is 2.29. The average molecular weight is 478 g/mol. The summed E-state index contributed by atoms with van der Waals surface area (Å²) in [6.45, 7) is 11.4. The molecular formula is C28H39N5O2. The number of nitrogens with one attached hydrogen (secondary N) is 2. The molecule has 2 aromatic carbocycles. The smallest absolute Gasteiger partial charge is 0.321 e. The number of urea groups is 1. The van der Waals surface area contributed by atoms with Crippen molar-refractivity contribution in [3.05, 3.63) is 59.7 Å². The third-order valence-corrected chi connectivity index (χ3v) is 7.44. The van der Waals surface area contributed by atoms with E-state index >= 15 is 0 Å². The van der Waals surface area contributed by atoms with Crippen molar-refractivity contribution in [1.29, 1.82) is 0 Å². The average Bonchev–Trinajstić information content (AvgIpc) is 2.87. The van der Waals surface area contributed by atoms with Gasteiger partial charge in [-0.25, -0.2) is 4.79 Å². The number of piperidine rings is 1. The molecule has 3 amide bonds. The number of aryl methyl sites for hydroxylation is 1. The Morgan fingerprint density at radius 2 is 1.60 bits per heavy atom. The summed E-state index contributed by atoms with van der Waals surface area (Å²) in [5.41, 5.74) is 4.87. The van der Waals surface area contributed by atoms with Gasteiger partial charge in [0.2, 0.25) is 5.91 Å². The second-order valence-electron chi connectivity index (χ2n) is 9.83. The summed E-state index contributed by atoms with van der Waals surface area (Å²) in [5.74, 6) is 0.475. The van der Waals surface area contributed by atoms with Gasteiger partial charge >= 0.3 is 6.03 Å². The number of carbonyl (C=O) groups excluding carboxylic acids is 2. The van der Waals surface area contributed by atoms with Crippen molar-refractivity contribution in [3.63, 3.8) is 0 Å². The van der Waals surface area contributed by atoms with Gasteiger partial charge in [0.25, 0.3) is 0 Å². The molecule has 188 valence electrons. The molecule has 0 aliphatic carbocycles. The molecule has 2 heterocycles. The Hall–Kier alpha value is -3.06. The van der Waals surface area contributed by atoms with Gasteiger partial charge in [-0.05, 0) is 61.9 Å². The van der Waals surface area contributed by atoms with Crippen molar-refractivity contribution in [1.82, 2.24) is 15.1 Å². The normalized spacial score (nSPS) is 17.3. The van der Waals surface area contributed by atoms with Crippen LogP contribution in [0.1, 0.15) is 30.4 Å². The minimum absolute atomic E-state index is 0.0586. The van der Waals surface area contributed by atoms with Gasteiger partial charge in [-0.2, -0.15) is 0 Å². The number of amides is 3. The molecule has 0 spiro atoms. The minimum Gasteiger partial charge on any atom is -0.369 e. The van der Waals surface area contributed by atoms with Crippen LogP contribution in [0.15, 0.2) is 48.5 Å². The van der Waals surface area contributed by atoms with Gasteiger partial charge in [-0.3, -0.25) is 9.69 Å². The van der Waals surface area contributed by atoms with E-state index in [-0.39, 0.29) is 11.9 Å². The van der Waals surface area contributed by atoms with Crippen molar-refractivity contribution in [2.45, 2.75) is 33.1 Å². The summed E-state index contributed by atoms with van der Waals surface area (Å²) < 4.78 is 0. The van der Waals surface area contributed by atoms with Crippen LogP contribution in [0.5, 0.6) is 0 Å². The van der Waals surface area contributed by atoms with Crippen LogP contribution in [0.25, 0.3) is 0 Å². The fourth-order valence-electron chi connectivity index (χ4n) is 5.04. The standard InChI is InChI=1S/C28H39N5O2/c1-22-7-6-10-26(23(22)2)32-19-17-31(18-20-32)16-13-29-27(34)21-24-11-14-33(15-12-24)28(35)30-25-8-4-3-5-9-25/h3-10,24H,11-21H2,1-2H3,(H,29,34)(H,30,35). The molecule has 0 radical (unpaired) electrons. The number of hydrogen-bond donors (Lipinski definition) is 2. The quantitative estimate of drug-likeness (QED) is 0.635. The van der Waals surface area contributed by atoms with Crippen LogP contribution in [0.4, 0.5) is 16.2 Å². The third-order valence-electron chi connectivity index (χ3n) is 7.44. The van der Waals surface area contributed by atoms with Crippen LogP contribution in [-0.2, 0) is 4.79 Å². The fourth-order valence-corrected chi connectivity index (χ4v) is 5.04. The van der Waals surface area contributed by atoms with Gasteiger partial charge < -0.3 is 20.4 Å². The van der Waals surface area contributed by atoms with E-state index in [1.165, 1.54) is 16.8 Å². The van der Waals surface area contributed by atoms with Gasteiger partial charge in [0.1, 0.15) is 0 Å². The first kappa shape index (κ1) is 25.0. The van der Waals surface area contributed by atoms with Gasteiger partial charge in [0.15, 0.2) is 0 Å². The van der Waals surface area contributed by atoms with Crippen LogP contribution in [0.2, 0.25) is 0 Å². The summed E-state index contributed by atoms with van der Waals surface area (Å²) in [4.78, 5) is 31.7. The molecule has 0 unspecified atom stereocenters. The number of anilines is 2. The molecule has 0 bridgehead atoms.